The lowest BCUT2D eigenvalue weighted by molar-refractivity contribution is -0.312. The first-order chi connectivity index (χ1) is 15.6. The van der Waals surface area contributed by atoms with Crippen molar-refractivity contribution in [3.63, 3.8) is 0 Å². The summed E-state index contributed by atoms with van der Waals surface area (Å²) in [6.07, 6.45) is -6.99. The fraction of sp³-hybridized carbons (Fsp3) is 0.286. The molecule has 3 aromatic rings. The second kappa shape index (κ2) is 8.42. The van der Waals surface area contributed by atoms with Crippen LogP contribution in [0.1, 0.15) is 0 Å². The summed E-state index contributed by atoms with van der Waals surface area (Å²) in [6, 6.07) is 5.38. The number of aromatic hydroxyl groups is 4. The molecule has 12 nitrogen and oxygen atoms in total. The number of phenols is 4. The smallest absolute Gasteiger partial charge is 0.239 e. The molecule has 176 valence electrons. The molecule has 5 unspecified atom stereocenters. The zero-order valence-corrected chi connectivity index (χ0v) is 16.7. The Morgan fingerprint density at radius 1 is 0.909 bits per heavy atom. The van der Waals surface area contributed by atoms with E-state index in [-0.39, 0.29) is 22.3 Å². The van der Waals surface area contributed by atoms with Gasteiger partial charge in [0.2, 0.25) is 17.5 Å². The van der Waals surface area contributed by atoms with Crippen LogP contribution in [0, 0.1) is 5.92 Å². The predicted molar refractivity (Wildman–Crippen MR) is 109 cm³/mol. The van der Waals surface area contributed by atoms with Gasteiger partial charge in [0.1, 0.15) is 28.6 Å². The van der Waals surface area contributed by atoms with Gasteiger partial charge in [-0.3, -0.25) is 4.79 Å². The van der Waals surface area contributed by atoms with Crippen LogP contribution < -0.4 is 10.2 Å². The van der Waals surface area contributed by atoms with E-state index in [4.69, 9.17) is 13.9 Å². The fourth-order valence-corrected chi connectivity index (χ4v) is 3.56. The molecule has 0 saturated carbocycles. The van der Waals surface area contributed by atoms with Gasteiger partial charge in [-0.2, -0.15) is 0 Å². The predicted octanol–water partition coefficient (Wildman–Crippen LogP) is -0.334. The number of rotatable bonds is 4. The normalized spacial score (nSPS) is 25.3. The topological polar surface area (TPSA) is 211 Å². The molecular formula is C21H20O12. The summed E-state index contributed by atoms with van der Waals surface area (Å²) in [7, 11) is 0. The molecule has 1 aromatic heterocycles. The summed E-state index contributed by atoms with van der Waals surface area (Å²) in [5, 5.41) is 78.5. The molecule has 1 aliphatic rings. The first-order valence-electron chi connectivity index (χ1n) is 9.64. The number of hydrogen-bond acceptors (Lipinski definition) is 12. The third-order valence-corrected chi connectivity index (χ3v) is 5.30. The van der Waals surface area contributed by atoms with E-state index in [9.17, 15) is 45.6 Å². The highest BCUT2D eigenvalue weighted by Gasteiger charge is 2.45. The molecule has 8 N–H and O–H groups in total. The summed E-state index contributed by atoms with van der Waals surface area (Å²) >= 11 is 0. The van der Waals surface area contributed by atoms with Crippen molar-refractivity contribution in [3.8, 4) is 40.1 Å². The quantitative estimate of drug-likeness (QED) is 0.233. The third-order valence-electron chi connectivity index (χ3n) is 5.30. The Morgan fingerprint density at radius 3 is 2.30 bits per heavy atom. The molecule has 33 heavy (non-hydrogen) atoms. The van der Waals surface area contributed by atoms with Crippen LogP contribution in [0.25, 0.3) is 22.3 Å². The average molecular weight is 464 g/mol. The Labute approximate surface area is 184 Å². The molecule has 0 bridgehead atoms. The van der Waals surface area contributed by atoms with Gasteiger partial charge >= 0.3 is 0 Å². The van der Waals surface area contributed by atoms with E-state index in [0.29, 0.717) is 0 Å². The minimum atomic E-state index is -1.91. The molecule has 1 aliphatic heterocycles. The maximum Gasteiger partial charge on any atom is 0.239 e. The largest absolute Gasteiger partial charge is 0.508 e. The lowest BCUT2D eigenvalue weighted by atomic mass is 9.94. The van der Waals surface area contributed by atoms with Gasteiger partial charge in [-0.25, -0.2) is 0 Å². The summed E-state index contributed by atoms with van der Waals surface area (Å²) in [4.78, 5) is 13.3. The summed E-state index contributed by atoms with van der Waals surface area (Å²) in [5.41, 5.74) is -1.17. The van der Waals surface area contributed by atoms with Crippen LogP contribution >= 0.6 is 0 Å². The molecule has 12 heteroatoms. The van der Waals surface area contributed by atoms with Crippen LogP contribution in [-0.4, -0.2) is 72.2 Å². The Morgan fingerprint density at radius 2 is 1.64 bits per heavy atom. The van der Waals surface area contributed by atoms with E-state index in [1.54, 1.807) is 0 Å². The first kappa shape index (κ1) is 22.6. The minimum absolute atomic E-state index is 0.0274. The van der Waals surface area contributed by atoms with Crippen LogP contribution in [0.15, 0.2) is 39.5 Å². The first-order valence-corrected chi connectivity index (χ1v) is 9.64. The van der Waals surface area contributed by atoms with Gasteiger partial charge in [-0.15, -0.1) is 0 Å². The van der Waals surface area contributed by atoms with E-state index < -0.39 is 71.5 Å². The van der Waals surface area contributed by atoms with E-state index in [0.717, 1.165) is 24.3 Å². The maximum atomic E-state index is 13.3. The molecule has 1 saturated heterocycles. The molecule has 0 aliphatic carbocycles. The van der Waals surface area contributed by atoms with Crippen molar-refractivity contribution in [1.82, 2.24) is 0 Å². The van der Waals surface area contributed by atoms with Crippen LogP contribution in [-0.2, 0) is 4.74 Å². The Hall–Kier alpha value is -3.55. The average Bonchev–Trinajstić information content (AvgIpc) is 2.75. The SMILES string of the molecule is O=c1c(OC2OC(O)C(O)C(O)C2CO)c(-c2ccc(O)c(O)c2)oc2cc(O)cc(O)c12. The minimum Gasteiger partial charge on any atom is -0.508 e. The highest BCUT2D eigenvalue weighted by Crippen LogP contribution is 2.39. The van der Waals surface area contributed by atoms with Crippen molar-refractivity contribution in [2.75, 3.05) is 6.61 Å². The van der Waals surface area contributed by atoms with Crippen LogP contribution in [0.2, 0.25) is 0 Å². The molecule has 0 amide bonds. The van der Waals surface area contributed by atoms with E-state index in [1.807, 2.05) is 0 Å². The Bertz CT molecular complexity index is 1250. The summed E-state index contributed by atoms with van der Waals surface area (Å²) in [6.45, 7) is -0.761. The van der Waals surface area contributed by atoms with E-state index in [2.05, 4.69) is 0 Å². The van der Waals surface area contributed by atoms with Gasteiger partial charge in [0.05, 0.1) is 18.6 Å². The molecule has 2 heterocycles. The molecule has 2 aromatic carbocycles. The zero-order chi connectivity index (χ0) is 24.0. The number of phenolic OH excluding ortho intramolecular Hbond substituents is 4. The van der Waals surface area contributed by atoms with Crippen molar-refractivity contribution in [2.45, 2.75) is 24.8 Å². The fourth-order valence-electron chi connectivity index (χ4n) is 3.56. The highest BCUT2D eigenvalue weighted by molar-refractivity contribution is 5.88. The summed E-state index contributed by atoms with van der Waals surface area (Å²) in [5.74, 6) is -4.30. The van der Waals surface area contributed by atoms with Crippen molar-refractivity contribution in [2.24, 2.45) is 5.92 Å². The van der Waals surface area contributed by atoms with Crippen molar-refractivity contribution in [1.29, 1.82) is 0 Å². The van der Waals surface area contributed by atoms with Gasteiger partial charge in [0.15, 0.2) is 23.5 Å². The van der Waals surface area contributed by atoms with Crippen molar-refractivity contribution >= 4 is 11.0 Å². The molecule has 0 radical (unpaired) electrons. The monoisotopic (exact) mass is 464 g/mol. The maximum absolute atomic E-state index is 13.3. The Kier molecular flexibility index (Phi) is 5.78. The molecule has 0 spiro atoms. The van der Waals surface area contributed by atoms with Gasteiger partial charge in [-0.1, -0.05) is 0 Å². The van der Waals surface area contributed by atoms with E-state index in [1.165, 1.54) is 6.07 Å². The Balaban J connectivity index is 1.93. The standard InChI is InChI=1S/C21H20O12/c22-6-9-15(27)17(29)20(30)33-21(9)32-19-16(28)14-12(26)4-8(23)5-13(14)31-18(19)7-1-2-10(24)11(25)3-7/h1-5,9,15,17,20-27,29-30H,6H2. The van der Waals surface area contributed by atoms with Gasteiger partial charge < -0.3 is 54.7 Å². The highest BCUT2D eigenvalue weighted by atomic mass is 16.7. The lowest BCUT2D eigenvalue weighted by Crippen LogP contribution is -2.57. The number of aliphatic hydroxyl groups is 4. The number of ether oxygens (including phenoxy) is 2. The van der Waals surface area contributed by atoms with E-state index >= 15 is 0 Å². The van der Waals surface area contributed by atoms with Crippen molar-refractivity contribution < 1.29 is 54.7 Å². The number of benzene rings is 2. The summed E-state index contributed by atoms with van der Waals surface area (Å²) < 4.78 is 16.4. The second-order valence-electron chi connectivity index (χ2n) is 7.47. The van der Waals surface area contributed by atoms with Crippen LogP contribution in [0.4, 0.5) is 0 Å². The van der Waals surface area contributed by atoms with Crippen LogP contribution in [0.3, 0.4) is 0 Å². The van der Waals surface area contributed by atoms with Gasteiger partial charge in [0, 0.05) is 17.7 Å². The second-order valence-corrected chi connectivity index (χ2v) is 7.47. The molecule has 5 atom stereocenters. The molecule has 1 fully saturated rings. The molecular weight excluding hydrogens is 444 g/mol. The van der Waals surface area contributed by atoms with Crippen molar-refractivity contribution in [3.05, 3.63) is 40.6 Å². The van der Waals surface area contributed by atoms with Gasteiger partial charge in [-0.05, 0) is 18.2 Å². The van der Waals surface area contributed by atoms with Gasteiger partial charge in [0.25, 0.3) is 0 Å². The number of hydrogen-bond donors (Lipinski definition) is 8. The lowest BCUT2D eigenvalue weighted by Gasteiger charge is -2.39. The molecule has 4 rings (SSSR count). The van der Waals surface area contributed by atoms with Crippen LogP contribution in [0.5, 0.6) is 28.7 Å². The number of fused-ring (bicyclic) bond motifs is 1. The number of aliphatic hydroxyl groups excluding tert-OH is 4. The zero-order valence-electron chi connectivity index (χ0n) is 16.7. The third kappa shape index (κ3) is 3.90.